The Morgan fingerprint density at radius 3 is 2.35 bits per heavy atom. The smallest absolute Gasteiger partial charge is 0.339 e. The number of benzene rings is 2. The summed E-state index contributed by atoms with van der Waals surface area (Å²) in [6.45, 7) is 1.49. The Morgan fingerprint density at radius 2 is 1.77 bits per heavy atom. The van der Waals surface area contributed by atoms with Crippen LogP contribution in [0.15, 0.2) is 54.6 Å². The maximum absolute atomic E-state index is 13.0. The van der Waals surface area contributed by atoms with Crippen LogP contribution in [0.3, 0.4) is 0 Å². The Hall–Kier alpha value is -2.64. The van der Waals surface area contributed by atoms with E-state index in [9.17, 15) is 18.0 Å². The number of amides is 1. The van der Waals surface area contributed by atoms with Gasteiger partial charge in [-0.15, -0.1) is 0 Å². The number of nitrogens with zero attached hydrogens (tertiary/aromatic N) is 1. The quantitative estimate of drug-likeness (QED) is 0.374. The highest BCUT2D eigenvalue weighted by Crippen LogP contribution is 2.23. The Kier molecular flexibility index (Phi) is 7.18. The number of likely N-dealkylation sites (N-methyl/N-ethyl adjacent to an activating group) is 1. The minimum Gasteiger partial charge on any atom is -0.449 e. The van der Waals surface area contributed by atoms with E-state index in [2.05, 4.69) is 0 Å². The zero-order chi connectivity index (χ0) is 22.6. The van der Waals surface area contributed by atoms with E-state index in [-0.39, 0.29) is 17.1 Å². The van der Waals surface area contributed by atoms with Gasteiger partial charge in [0.25, 0.3) is 5.91 Å². The van der Waals surface area contributed by atoms with Crippen molar-refractivity contribution in [1.29, 1.82) is 0 Å². The van der Waals surface area contributed by atoms with Gasteiger partial charge in [-0.3, -0.25) is 4.79 Å². The van der Waals surface area contributed by atoms with Crippen LogP contribution in [0.2, 0.25) is 5.02 Å². The first-order valence-electron chi connectivity index (χ1n) is 9.87. The van der Waals surface area contributed by atoms with Gasteiger partial charge in [0, 0.05) is 18.1 Å². The standard InChI is InChI=1S/C23H24ClNO5S/c1-16(22(26)25(2)20-12-13-31(28,29)15-20)30-23(27)21(14-17-6-4-3-5-7-17)18-8-10-19(24)11-9-18/h3-11,14,16,20H,12-13,15H2,1-2H3/b21-14+/t16-,20-/m0/s1. The molecule has 3 rings (SSSR count). The Morgan fingerprint density at radius 1 is 1.13 bits per heavy atom. The SMILES string of the molecule is C[C@H](OC(=O)/C(=C/c1ccccc1)c1ccc(Cl)cc1)C(=O)N(C)[C@H]1CCS(=O)(=O)C1. The van der Waals surface area contributed by atoms with Crippen molar-refractivity contribution in [3.8, 4) is 0 Å². The molecule has 164 valence electrons. The number of carbonyl (C=O) groups excluding carboxylic acids is 2. The van der Waals surface area contributed by atoms with Crippen LogP contribution in [-0.2, 0) is 24.2 Å². The third kappa shape index (κ3) is 5.95. The molecule has 0 spiro atoms. The number of ether oxygens (including phenoxy) is 1. The Bertz CT molecular complexity index is 1080. The molecule has 0 radical (unpaired) electrons. The molecule has 2 aromatic rings. The lowest BCUT2D eigenvalue weighted by Gasteiger charge is -2.26. The van der Waals surface area contributed by atoms with Gasteiger partial charge >= 0.3 is 5.97 Å². The summed E-state index contributed by atoms with van der Waals surface area (Å²) in [5.41, 5.74) is 1.69. The summed E-state index contributed by atoms with van der Waals surface area (Å²) < 4.78 is 28.9. The molecule has 6 nitrogen and oxygen atoms in total. The van der Waals surface area contributed by atoms with Gasteiger partial charge in [-0.1, -0.05) is 54.1 Å². The molecule has 0 unspecified atom stereocenters. The van der Waals surface area contributed by atoms with Crippen LogP contribution in [0.4, 0.5) is 0 Å². The maximum Gasteiger partial charge on any atom is 0.339 e. The predicted molar refractivity (Wildman–Crippen MR) is 121 cm³/mol. The molecule has 1 aliphatic rings. The van der Waals surface area contributed by atoms with Crippen LogP contribution >= 0.6 is 11.6 Å². The molecule has 1 amide bonds. The van der Waals surface area contributed by atoms with E-state index in [0.717, 1.165) is 5.56 Å². The third-order valence-electron chi connectivity index (χ3n) is 5.22. The third-order valence-corrected chi connectivity index (χ3v) is 7.22. The van der Waals surface area contributed by atoms with Gasteiger partial charge in [0.2, 0.25) is 0 Å². The molecule has 0 saturated carbocycles. The molecule has 0 aromatic heterocycles. The summed E-state index contributed by atoms with van der Waals surface area (Å²) in [5, 5.41) is 0.535. The normalized spacial score (nSPS) is 18.9. The highest BCUT2D eigenvalue weighted by atomic mass is 35.5. The van der Waals surface area contributed by atoms with E-state index in [4.69, 9.17) is 16.3 Å². The average molecular weight is 462 g/mol. The van der Waals surface area contributed by atoms with E-state index < -0.39 is 33.9 Å². The second-order valence-corrected chi connectivity index (χ2v) is 10.2. The van der Waals surface area contributed by atoms with Crippen molar-refractivity contribution in [3.63, 3.8) is 0 Å². The van der Waals surface area contributed by atoms with Gasteiger partial charge in [0.1, 0.15) is 0 Å². The topological polar surface area (TPSA) is 80.8 Å². The molecule has 31 heavy (non-hydrogen) atoms. The number of hydrogen-bond donors (Lipinski definition) is 0. The number of rotatable bonds is 6. The maximum atomic E-state index is 13.0. The van der Waals surface area contributed by atoms with Crippen molar-refractivity contribution < 1.29 is 22.7 Å². The van der Waals surface area contributed by atoms with Crippen LogP contribution in [0.1, 0.15) is 24.5 Å². The van der Waals surface area contributed by atoms with Crippen LogP contribution in [0.5, 0.6) is 0 Å². The fourth-order valence-electron chi connectivity index (χ4n) is 3.43. The molecule has 1 fully saturated rings. The first-order valence-corrected chi connectivity index (χ1v) is 12.1. The van der Waals surface area contributed by atoms with Crippen LogP contribution in [0, 0.1) is 0 Å². The molecule has 2 aromatic carbocycles. The van der Waals surface area contributed by atoms with Crippen LogP contribution in [0.25, 0.3) is 11.6 Å². The van der Waals surface area contributed by atoms with Gasteiger partial charge in [-0.2, -0.15) is 0 Å². The summed E-state index contributed by atoms with van der Waals surface area (Å²) in [7, 11) is -1.59. The molecular weight excluding hydrogens is 438 g/mol. The molecule has 0 bridgehead atoms. The lowest BCUT2D eigenvalue weighted by Crippen LogP contribution is -2.44. The molecule has 2 atom stereocenters. The van der Waals surface area contributed by atoms with Gasteiger partial charge in [-0.25, -0.2) is 13.2 Å². The lowest BCUT2D eigenvalue weighted by atomic mass is 10.0. The van der Waals surface area contributed by atoms with Crippen molar-refractivity contribution in [2.24, 2.45) is 0 Å². The van der Waals surface area contributed by atoms with E-state index >= 15 is 0 Å². The van der Waals surface area contributed by atoms with Gasteiger partial charge < -0.3 is 9.64 Å². The van der Waals surface area contributed by atoms with Crippen LogP contribution in [-0.4, -0.2) is 55.9 Å². The number of sulfone groups is 1. The molecule has 8 heteroatoms. The molecule has 1 aliphatic heterocycles. The Labute approximate surface area is 187 Å². The molecule has 0 N–H and O–H groups in total. The van der Waals surface area contributed by atoms with E-state index in [0.29, 0.717) is 17.0 Å². The fraction of sp³-hybridized carbons (Fsp3) is 0.304. The first kappa shape index (κ1) is 23.0. The van der Waals surface area contributed by atoms with Crippen molar-refractivity contribution in [2.45, 2.75) is 25.5 Å². The second-order valence-electron chi connectivity index (χ2n) is 7.53. The van der Waals surface area contributed by atoms with E-state index in [1.165, 1.54) is 18.9 Å². The summed E-state index contributed by atoms with van der Waals surface area (Å²) in [6, 6.07) is 15.6. The largest absolute Gasteiger partial charge is 0.449 e. The Balaban J connectivity index is 1.79. The second kappa shape index (κ2) is 9.66. The fourth-order valence-corrected chi connectivity index (χ4v) is 5.33. The van der Waals surface area contributed by atoms with Gasteiger partial charge in [-0.05, 0) is 42.7 Å². The monoisotopic (exact) mass is 461 g/mol. The molecule has 1 heterocycles. The first-order chi connectivity index (χ1) is 14.7. The number of halogens is 1. The highest BCUT2D eigenvalue weighted by Gasteiger charge is 2.35. The zero-order valence-corrected chi connectivity index (χ0v) is 18.9. The van der Waals surface area contributed by atoms with Gasteiger partial charge in [0.05, 0.1) is 17.1 Å². The van der Waals surface area contributed by atoms with Crippen molar-refractivity contribution in [1.82, 2.24) is 4.90 Å². The summed E-state index contributed by atoms with van der Waals surface area (Å²) in [6.07, 6.45) is 1.01. The van der Waals surface area contributed by atoms with E-state index in [1.54, 1.807) is 30.3 Å². The number of carbonyl (C=O) groups is 2. The van der Waals surface area contributed by atoms with Crippen molar-refractivity contribution >= 4 is 45.0 Å². The lowest BCUT2D eigenvalue weighted by molar-refractivity contribution is -0.154. The molecule has 1 saturated heterocycles. The average Bonchev–Trinajstić information content (AvgIpc) is 3.12. The zero-order valence-electron chi connectivity index (χ0n) is 17.3. The van der Waals surface area contributed by atoms with Crippen molar-refractivity contribution in [3.05, 3.63) is 70.7 Å². The summed E-state index contributed by atoms with van der Waals surface area (Å²) in [4.78, 5) is 27.1. The highest BCUT2D eigenvalue weighted by molar-refractivity contribution is 7.91. The van der Waals surface area contributed by atoms with Gasteiger partial charge in [0.15, 0.2) is 15.9 Å². The summed E-state index contributed by atoms with van der Waals surface area (Å²) >= 11 is 5.97. The predicted octanol–water partition coefficient (Wildman–Crippen LogP) is 3.46. The molecule has 0 aliphatic carbocycles. The minimum atomic E-state index is -3.13. The number of esters is 1. The minimum absolute atomic E-state index is 0.0595. The van der Waals surface area contributed by atoms with Crippen LogP contribution < -0.4 is 0 Å². The number of hydrogen-bond acceptors (Lipinski definition) is 5. The molecular formula is C23H24ClNO5S. The van der Waals surface area contributed by atoms with Crippen molar-refractivity contribution in [2.75, 3.05) is 18.6 Å². The van der Waals surface area contributed by atoms with E-state index in [1.807, 2.05) is 30.3 Å². The summed E-state index contributed by atoms with van der Waals surface area (Å²) in [5.74, 6) is -1.10.